The van der Waals surface area contributed by atoms with Crippen LogP contribution in [0.3, 0.4) is 0 Å². The van der Waals surface area contributed by atoms with Crippen molar-refractivity contribution in [1.82, 2.24) is 5.32 Å². The Morgan fingerprint density at radius 3 is 1.94 bits per heavy atom. The first-order valence-electron chi connectivity index (χ1n) is 10.3. The van der Waals surface area contributed by atoms with E-state index in [2.05, 4.69) is 5.32 Å². The largest absolute Gasteiger partial charge is 0.346 e. The van der Waals surface area contributed by atoms with Crippen LogP contribution in [0, 0.1) is 0 Å². The lowest BCUT2D eigenvalue weighted by Crippen LogP contribution is -2.29. The van der Waals surface area contributed by atoms with Crippen LogP contribution in [-0.2, 0) is 26.4 Å². The van der Waals surface area contributed by atoms with E-state index in [1.165, 1.54) is 16.4 Å². The average Bonchev–Trinajstić information content (AvgIpc) is 2.77. The number of sulfonamides is 1. The Bertz CT molecular complexity index is 1370. The predicted molar refractivity (Wildman–Crippen MR) is 134 cm³/mol. The van der Waals surface area contributed by atoms with Gasteiger partial charge in [-0.05, 0) is 66.6 Å². The van der Waals surface area contributed by atoms with Gasteiger partial charge in [0.15, 0.2) is 9.84 Å². The maximum atomic E-state index is 12.7. The van der Waals surface area contributed by atoms with E-state index in [0.717, 1.165) is 23.6 Å². The summed E-state index contributed by atoms with van der Waals surface area (Å²) in [4.78, 5) is 12.9. The molecule has 7 nitrogen and oxygen atoms in total. The van der Waals surface area contributed by atoms with Gasteiger partial charge in [-0.2, -0.15) is 0 Å². The van der Waals surface area contributed by atoms with Gasteiger partial charge in [0.05, 0.1) is 29.4 Å². The van der Waals surface area contributed by atoms with Crippen molar-refractivity contribution in [2.75, 3.05) is 16.8 Å². The minimum atomic E-state index is -3.57. The minimum absolute atomic E-state index is 0.127. The summed E-state index contributed by atoms with van der Waals surface area (Å²) < 4.78 is 49.3. The molecule has 0 radical (unpaired) electrons. The maximum Gasteiger partial charge on any atom is 0.251 e. The molecule has 0 heterocycles. The van der Waals surface area contributed by atoms with Gasteiger partial charge in [-0.25, -0.2) is 16.8 Å². The summed E-state index contributed by atoms with van der Waals surface area (Å²) in [5.41, 5.74) is 2.32. The summed E-state index contributed by atoms with van der Waals surface area (Å²) in [5, 5.41) is 3.42. The lowest BCUT2D eigenvalue weighted by atomic mass is 10.1. The topological polar surface area (TPSA) is 101 Å². The van der Waals surface area contributed by atoms with Crippen LogP contribution in [0.2, 0.25) is 5.02 Å². The van der Waals surface area contributed by atoms with Crippen LogP contribution in [0.4, 0.5) is 5.69 Å². The van der Waals surface area contributed by atoms with Crippen LogP contribution in [0.25, 0.3) is 0 Å². The molecule has 0 aromatic heterocycles. The van der Waals surface area contributed by atoms with Crippen molar-refractivity contribution in [3.63, 3.8) is 0 Å². The van der Waals surface area contributed by atoms with E-state index in [4.69, 9.17) is 11.6 Å². The number of sulfone groups is 1. The van der Waals surface area contributed by atoms with Crippen molar-refractivity contribution in [2.45, 2.75) is 24.4 Å². The van der Waals surface area contributed by atoms with Gasteiger partial charge < -0.3 is 5.32 Å². The molecule has 0 spiro atoms. The molecule has 0 aliphatic rings. The van der Waals surface area contributed by atoms with Gasteiger partial charge in [0.25, 0.3) is 5.91 Å². The van der Waals surface area contributed by atoms with Crippen molar-refractivity contribution in [3.8, 4) is 0 Å². The van der Waals surface area contributed by atoms with Gasteiger partial charge in [0, 0.05) is 16.8 Å². The monoisotopic (exact) mass is 520 g/mol. The number of carbonyl (C=O) groups is 1. The highest BCUT2D eigenvalue weighted by molar-refractivity contribution is 7.92. The first-order chi connectivity index (χ1) is 15.8. The smallest absolute Gasteiger partial charge is 0.251 e. The van der Waals surface area contributed by atoms with Crippen LogP contribution >= 0.6 is 11.6 Å². The lowest BCUT2D eigenvalue weighted by Gasteiger charge is -2.23. The molecule has 1 atom stereocenters. The third-order valence-corrected chi connectivity index (χ3v) is 7.73. The van der Waals surface area contributed by atoms with Gasteiger partial charge >= 0.3 is 0 Å². The number of carbonyl (C=O) groups excluding carboxylic acids is 1. The fourth-order valence-corrected chi connectivity index (χ4v) is 4.95. The second kappa shape index (κ2) is 10.2. The number of halogens is 1. The number of nitrogens with zero attached hydrogens (tertiary/aromatic N) is 1. The zero-order chi connectivity index (χ0) is 25.1. The Labute approximate surface area is 205 Å². The standard InChI is InChI=1S/C24H25ClN2O5S2/c1-17(19-8-14-23(15-9-19)33(2,29)30)26-24(28)20-6-12-22(13-7-20)27(34(3,31)32)16-18-4-10-21(25)11-5-18/h4-15,17H,16H2,1-3H3,(H,26,28)/t17-/m0/s1. The molecule has 3 rings (SSSR count). The molecule has 0 fully saturated rings. The van der Waals surface area contributed by atoms with Crippen molar-refractivity contribution in [3.05, 3.63) is 94.5 Å². The Balaban J connectivity index is 1.73. The molecule has 0 saturated carbocycles. The summed E-state index contributed by atoms with van der Waals surface area (Å²) in [6.07, 6.45) is 2.26. The van der Waals surface area contributed by atoms with Crippen molar-refractivity contribution < 1.29 is 21.6 Å². The number of hydrogen-bond donors (Lipinski definition) is 1. The third-order valence-electron chi connectivity index (χ3n) is 5.21. The third kappa shape index (κ3) is 6.59. The van der Waals surface area contributed by atoms with Crippen LogP contribution < -0.4 is 9.62 Å². The molecule has 10 heteroatoms. The second-order valence-corrected chi connectivity index (χ2v) is 12.3. The quantitative estimate of drug-likeness (QED) is 0.479. The molecule has 180 valence electrons. The molecular formula is C24H25ClN2O5S2. The fraction of sp³-hybridized carbons (Fsp3) is 0.208. The number of anilines is 1. The molecule has 1 amide bonds. The highest BCUT2D eigenvalue weighted by Gasteiger charge is 2.19. The minimum Gasteiger partial charge on any atom is -0.346 e. The van der Waals surface area contributed by atoms with Gasteiger partial charge in [-0.15, -0.1) is 0 Å². The van der Waals surface area contributed by atoms with Crippen LogP contribution in [0.5, 0.6) is 0 Å². The van der Waals surface area contributed by atoms with Crippen molar-refractivity contribution in [2.24, 2.45) is 0 Å². The van der Waals surface area contributed by atoms with Gasteiger partial charge in [-0.3, -0.25) is 9.10 Å². The Kier molecular flexibility index (Phi) is 7.70. The highest BCUT2D eigenvalue weighted by atomic mass is 35.5. The summed E-state index contributed by atoms with van der Waals surface area (Å²) in [6, 6.07) is 19.1. The van der Waals surface area contributed by atoms with E-state index in [1.54, 1.807) is 67.6 Å². The molecule has 3 aromatic carbocycles. The van der Waals surface area contributed by atoms with Gasteiger partial charge in [0.2, 0.25) is 10.0 Å². The van der Waals surface area contributed by atoms with E-state index in [9.17, 15) is 21.6 Å². The van der Waals surface area contributed by atoms with E-state index in [0.29, 0.717) is 16.3 Å². The van der Waals surface area contributed by atoms with Crippen LogP contribution in [0.1, 0.15) is 34.5 Å². The van der Waals surface area contributed by atoms with Gasteiger partial charge in [0.1, 0.15) is 0 Å². The van der Waals surface area contributed by atoms with E-state index >= 15 is 0 Å². The molecule has 0 aliphatic carbocycles. The number of amides is 1. The molecule has 0 saturated heterocycles. The zero-order valence-electron chi connectivity index (χ0n) is 18.9. The summed E-state index contributed by atoms with van der Waals surface area (Å²) in [5.74, 6) is -0.338. The second-order valence-electron chi connectivity index (χ2n) is 7.98. The Morgan fingerprint density at radius 2 is 1.44 bits per heavy atom. The Hall–Kier alpha value is -2.88. The highest BCUT2D eigenvalue weighted by Crippen LogP contribution is 2.23. The Morgan fingerprint density at radius 1 is 0.882 bits per heavy atom. The SMILES string of the molecule is C[C@H](NC(=O)c1ccc(N(Cc2ccc(Cl)cc2)S(C)(=O)=O)cc1)c1ccc(S(C)(=O)=O)cc1. The van der Waals surface area contributed by atoms with Crippen molar-refractivity contribution in [1.29, 1.82) is 0 Å². The predicted octanol–water partition coefficient (Wildman–Crippen LogP) is 4.20. The molecule has 0 unspecified atom stereocenters. The number of rotatable bonds is 8. The van der Waals surface area contributed by atoms with E-state index < -0.39 is 19.9 Å². The average molecular weight is 521 g/mol. The summed E-state index contributed by atoms with van der Waals surface area (Å²) in [6.45, 7) is 1.92. The fourth-order valence-electron chi connectivity index (χ4n) is 3.30. The number of nitrogens with one attached hydrogen (secondary N) is 1. The van der Waals surface area contributed by atoms with Crippen molar-refractivity contribution >= 4 is 43.1 Å². The first kappa shape index (κ1) is 25.7. The molecule has 0 bridgehead atoms. The normalized spacial score (nSPS) is 12.7. The van der Waals surface area contributed by atoms with Crippen LogP contribution in [0.15, 0.2) is 77.7 Å². The molecule has 0 aliphatic heterocycles. The number of hydrogen-bond acceptors (Lipinski definition) is 5. The molecule has 1 N–H and O–H groups in total. The van der Waals surface area contributed by atoms with Gasteiger partial charge in [-0.1, -0.05) is 35.9 Å². The maximum absolute atomic E-state index is 12.7. The molecule has 3 aromatic rings. The summed E-state index contributed by atoms with van der Waals surface area (Å²) in [7, 11) is -6.87. The van der Waals surface area contributed by atoms with E-state index in [-0.39, 0.29) is 23.4 Å². The molecular weight excluding hydrogens is 496 g/mol. The molecule has 34 heavy (non-hydrogen) atoms. The first-order valence-corrected chi connectivity index (χ1v) is 14.4. The lowest BCUT2D eigenvalue weighted by molar-refractivity contribution is 0.0940. The number of benzene rings is 3. The van der Waals surface area contributed by atoms with Crippen LogP contribution in [-0.4, -0.2) is 35.3 Å². The zero-order valence-corrected chi connectivity index (χ0v) is 21.3. The summed E-state index contributed by atoms with van der Waals surface area (Å²) >= 11 is 5.91. The van der Waals surface area contributed by atoms with E-state index in [1.807, 2.05) is 0 Å².